The first-order valence-electron chi connectivity index (χ1n) is 10.5. The molecule has 0 saturated heterocycles. The first-order valence-corrected chi connectivity index (χ1v) is 10.5. The van der Waals surface area contributed by atoms with Crippen LogP contribution in [0.25, 0.3) is 10.9 Å². The van der Waals surface area contributed by atoms with Crippen molar-refractivity contribution in [2.45, 2.75) is 18.9 Å². The summed E-state index contributed by atoms with van der Waals surface area (Å²) >= 11 is 0. The number of hydrogen-bond acceptors (Lipinski definition) is 7. The average molecular weight is 458 g/mol. The van der Waals surface area contributed by atoms with Gasteiger partial charge in [0, 0.05) is 36.6 Å². The molecule has 1 amide bonds. The molecule has 4 aromatic rings. The number of carbonyl (C=O) groups excluding carboxylic acids is 1. The fourth-order valence-corrected chi connectivity index (χ4v) is 3.78. The second-order valence-corrected chi connectivity index (χ2v) is 7.63. The van der Waals surface area contributed by atoms with Gasteiger partial charge in [-0.1, -0.05) is 18.2 Å². The van der Waals surface area contributed by atoms with Crippen molar-refractivity contribution in [2.75, 3.05) is 7.11 Å². The lowest BCUT2D eigenvalue weighted by Crippen LogP contribution is -2.29. The van der Waals surface area contributed by atoms with E-state index in [0.717, 1.165) is 5.56 Å². The Hall–Kier alpha value is -4.53. The highest BCUT2D eigenvalue weighted by molar-refractivity contribution is 5.94. The molecule has 0 aliphatic rings. The summed E-state index contributed by atoms with van der Waals surface area (Å²) in [6.45, 7) is 0. The summed E-state index contributed by atoms with van der Waals surface area (Å²) in [5.41, 5.74) is 1.59. The van der Waals surface area contributed by atoms with Crippen LogP contribution in [0.1, 0.15) is 29.2 Å². The Morgan fingerprint density at radius 2 is 1.94 bits per heavy atom. The third-order valence-corrected chi connectivity index (χ3v) is 5.50. The molecular formula is C25H22N4O5. The van der Waals surface area contributed by atoms with Crippen LogP contribution in [0.5, 0.6) is 11.5 Å². The van der Waals surface area contributed by atoms with E-state index in [0.29, 0.717) is 17.7 Å². The summed E-state index contributed by atoms with van der Waals surface area (Å²) in [7, 11) is 1.54. The number of aryl methyl sites for hydroxylation is 1. The minimum Gasteiger partial charge on any atom is -0.505 e. The van der Waals surface area contributed by atoms with Crippen LogP contribution in [0, 0.1) is 10.1 Å². The second kappa shape index (κ2) is 9.95. The normalized spacial score (nSPS) is 11.7. The van der Waals surface area contributed by atoms with Gasteiger partial charge >= 0.3 is 0 Å². The molecule has 2 aromatic heterocycles. The molecule has 2 heterocycles. The number of aromatic nitrogens is 2. The number of aromatic hydroxyl groups is 1. The van der Waals surface area contributed by atoms with Crippen molar-refractivity contribution in [3.05, 3.63) is 100.0 Å². The standard InChI is InChI=1S/C25H22N4O5/c1-34-18-9-7-17(8-10-18)23(28-22(30)11-6-16-4-2-12-26-15-16)20-14-21(29(32)33)19-5-3-13-27-24(19)25(20)31/h2-5,7-10,12-15,23,31H,6,11H2,1H3,(H,28,30). The number of fused-ring (bicyclic) bond motifs is 1. The maximum absolute atomic E-state index is 12.9. The molecule has 0 saturated carbocycles. The molecule has 2 N–H and O–H groups in total. The number of nitrogens with one attached hydrogen (secondary N) is 1. The number of hydrogen-bond donors (Lipinski definition) is 2. The maximum Gasteiger partial charge on any atom is 0.279 e. The van der Waals surface area contributed by atoms with Gasteiger partial charge in [0.25, 0.3) is 5.69 Å². The number of methoxy groups -OCH3 is 1. The van der Waals surface area contributed by atoms with Gasteiger partial charge < -0.3 is 15.2 Å². The van der Waals surface area contributed by atoms with E-state index in [1.807, 2.05) is 6.07 Å². The zero-order chi connectivity index (χ0) is 24.1. The van der Waals surface area contributed by atoms with E-state index in [4.69, 9.17) is 4.74 Å². The molecule has 9 heteroatoms. The Kier molecular flexibility index (Phi) is 6.63. The van der Waals surface area contributed by atoms with Gasteiger partial charge in [-0.05, 0) is 47.9 Å². The van der Waals surface area contributed by atoms with Gasteiger partial charge in [-0.3, -0.25) is 24.9 Å². The monoisotopic (exact) mass is 458 g/mol. The molecule has 0 bridgehead atoms. The highest BCUT2D eigenvalue weighted by atomic mass is 16.6. The van der Waals surface area contributed by atoms with Crippen molar-refractivity contribution in [3.63, 3.8) is 0 Å². The number of benzene rings is 2. The van der Waals surface area contributed by atoms with Crippen LogP contribution < -0.4 is 10.1 Å². The van der Waals surface area contributed by atoms with Crippen LogP contribution in [-0.2, 0) is 11.2 Å². The summed E-state index contributed by atoms with van der Waals surface area (Å²) in [6, 6.07) is 14.1. The zero-order valence-electron chi connectivity index (χ0n) is 18.3. The fourth-order valence-electron chi connectivity index (χ4n) is 3.78. The first-order chi connectivity index (χ1) is 16.5. The summed E-state index contributed by atoms with van der Waals surface area (Å²) in [5.74, 6) is 0.100. The van der Waals surface area contributed by atoms with Crippen LogP contribution in [0.4, 0.5) is 5.69 Å². The molecule has 172 valence electrons. The highest BCUT2D eigenvalue weighted by Gasteiger charge is 2.27. The number of phenolic OH excluding ortho intramolecular Hbond substituents is 1. The average Bonchev–Trinajstić information content (AvgIpc) is 2.87. The second-order valence-electron chi connectivity index (χ2n) is 7.63. The summed E-state index contributed by atoms with van der Waals surface area (Å²) < 4.78 is 5.21. The third kappa shape index (κ3) is 4.78. The van der Waals surface area contributed by atoms with E-state index in [-0.39, 0.29) is 40.2 Å². The topological polar surface area (TPSA) is 127 Å². The third-order valence-electron chi connectivity index (χ3n) is 5.50. The SMILES string of the molecule is COc1ccc(C(NC(=O)CCc2cccnc2)c2cc([N+](=O)[O-])c3cccnc3c2O)cc1. The zero-order valence-corrected chi connectivity index (χ0v) is 18.3. The Labute approximate surface area is 195 Å². The number of nitro groups is 1. The Morgan fingerprint density at radius 3 is 2.62 bits per heavy atom. The molecule has 4 rings (SSSR count). The molecule has 2 aromatic carbocycles. The Balaban J connectivity index is 1.75. The number of nitrogens with zero attached hydrogens (tertiary/aromatic N) is 3. The van der Waals surface area contributed by atoms with Crippen molar-refractivity contribution in [1.82, 2.24) is 15.3 Å². The number of phenols is 1. The minimum atomic E-state index is -0.850. The minimum absolute atomic E-state index is 0.0924. The molecule has 0 aliphatic heterocycles. The molecule has 0 fully saturated rings. The summed E-state index contributed by atoms with van der Waals surface area (Å²) in [6.07, 6.45) is 5.45. The van der Waals surface area contributed by atoms with Crippen molar-refractivity contribution in [2.24, 2.45) is 0 Å². The number of rotatable bonds is 8. The van der Waals surface area contributed by atoms with Crippen molar-refractivity contribution in [1.29, 1.82) is 0 Å². The molecule has 1 atom stereocenters. The lowest BCUT2D eigenvalue weighted by Gasteiger charge is -2.22. The van der Waals surface area contributed by atoms with E-state index in [9.17, 15) is 20.0 Å². The molecule has 0 spiro atoms. The van der Waals surface area contributed by atoms with Gasteiger partial charge in [0.05, 0.1) is 23.5 Å². The van der Waals surface area contributed by atoms with Crippen LogP contribution in [0.15, 0.2) is 73.2 Å². The van der Waals surface area contributed by atoms with Gasteiger partial charge in [-0.15, -0.1) is 0 Å². The largest absolute Gasteiger partial charge is 0.505 e. The van der Waals surface area contributed by atoms with E-state index in [2.05, 4.69) is 15.3 Å². The van der Waals surface area contributed by atoms with Crippen molar-refractivity contribution in [3.8, 4) is 11.5 Å². The smallest absolute Gasteiger partial charge is 0.279 e. The Morgan fingerprint density at radius 1 is 1.18 bits per heavy atom. The van der Waals surface area contributed by atoms with Crippen LogP contribution in [0.2, 0.25) is 0 Å². The van der Waals surface area contributed by atoms with Crippen molar-refractivity contribution >= 4 is 22.5 Å². The lowest BCUT2D eigenvalue weighted by atomic mass is 9.95. The van der Waals surface area contributed by atoms with Gasteiger partial charge in [0.1, 0.15) is 17.0 Å². The quantitative estimate of drug-likeness (QED) is 0.301. The van der Waals surface area contributed by atoms with Crippen LogP contribution in [-0.4, -0.2) is 33.0 Å². The molecule has 34 heavy (non-hydrogen) atoms. The molecule has 1 unspecified atom stereocenters. The molecule has 0 radical (unpaired) electrons. The maximum atomic E-state index is 12.9. The van der Waals surface area contributed by atoms with E-state index < -0.39 is 11.0 Å². The van der Waals surface area contributed by atoms with Gasteiger partial charge in [-0.2, -0.15) is 0 Å². The van der Waals surface area contributed by atoms with E-state index in [1.165, 1.54) is 25.4 Å². The summed E-state index contributed by atoms with van der Waals surface area (Å²) in [4.78, 5) is 32.4. The van der Waals surface area contributed by atoms with Gasteiger partial charge in [0.2, 0.25) is 5.91 Å². The molecule has 0 aliphatic carbocycles. The first kappa shape index (κ1) is 22.7. The molecular weight excluding hydrogens is 436 g/mol. The van der Waals surface area contributed by atoms with E-state index >= 15 is 0 Å². The predicted octanol–water partition coefficient (Wildman–Crippen LogP) is 4.09. The van der Waals surface area contributed by atoms with Crippen LogP contribution >= 0.6 is 0 Å². The molecule has 9 nitrogen and oxygen atoms in total. The van der Waals surface area contributed by atoms with Gasteiger partial charge in [0.15, 0.2) is 0 Å². The van der Waals surface area contributed by atoms with Gasteiger partial charge in [-0.25, -0.2) is 0 Å². The predicted molar refractivity (Wildman–Crippen MR) is 126 cm³/mol. The van der Waals surface area contributed by atoms with Crippen LogP contribution in [0.3, 0.4) is 0 Å². The number of ether oxygens (including phenoxy) is 1. The number of nitro benzene ring substituents is 1. The lowest BCUT2D eigenvalue weighted by molar-refractivity contribution is -0.383. The number of amides is 1. The van der Waals surface area contributed by atoms with E-state index in [1.54, 1.807) is 48.8 Å². The number of pyridine rings is 2. The Bertz CT molecular complexity index is 1330. The number of carbonyl (C=O) groups is 1. The summed E-state index contributed by atoms with van der Waals surface area (Å²) in [5, 5.41) is 26.0. The highest BCUT2D eigenvalue weighted by Crippen LogP contribution is 2.39. The number of non-ortho nitro benzene ring substituents is 1. The van der Waals surface area contributed by atoms with Crippen molar-refractivity contribution < 1.29 is 19.6 Å². The fraction of sp³-hybridized carbons (Fsp3) is 0.160.